The molecule has 0 aliphatic heterocycles. The van der Waals surface area contributed by atoms with Gasteiger partial charge in [0.05, 0.1) is 11.8 Å². The first-order valence-electron chi connectivity index (χ1n) is 11.1. The molecule has 0 saturated heterocycles. The van der Waals surface area contributed by atoms with E-state index in [9.17, 15) is 14.4 Å². The summed E-state index contributed by atoms with van der Waals surface area (Å²) in [5, 5.41) is 7.29. The molecule has 10 heteroatoms. The van der Waals surface area contributed by atoms with E-state index >= 15 is 0 Å². The Bertz CT molecular complexity index is 1520. The number of benzene rings is 4. The van der Waals surface area contributed by atoms with Crippen LogP contribution < -0.4 is 15.5 Å². The summed E-state index contributed by atoms with van der Waals surface area (Å²) in [6.07, 6.45) is 1.37. The van der Waals surface area contributed by atoms with Gasteiger partial charge in [0.2, 0.25) is 0 Å². The monoisotopic (exact) mass is 653 g/mol. The van der Waals surface area contributed by atoms with Crippen LogP contribution in [0.15, 0.2) is 105 Å². The molecule has 2 amide bonds. The van der Waals surface area contributed by atoms with Crippen LogP contribution in [0.5, 0.6) is 5.75 Å². The minimum atomic E-state index is -0.532. The third-order valence-electron chi connectivity index (χ3n) is 5.11. The van der Waals surface area contributed by atoms with Gasteiger partial charge in [-0.05, 0) is 84.9 Å². The van der Waals surface area contributed by atoms with Gasteiger partial charge >= 0.3 is 5.97 Å². The molecule has 4 rings (SSSR count). The number of ether oxygens (including phenoxy) is 1. The Hall–Kier alpha value is -3.79. The highest BCUT2D eigenvalue weighted by atomic mass is 79.9. The van der Waals surface area contributed by atoms with E-state index in [1.54, 1.807) is 84.9 Å². The van der Waals surface area contributed by atoms with Crippen molar-refractivity contribution < 1.29 is 19.1 Å². The van der Waals surface area contributed by atoms with Gasteiger partial charge in [0.25, 0.3) is 11.8 Å². The molecule has 0 radical (unpaired) electrons. The quantitative estimate of drug-likeness (QED) is 0.0961. The van der Waals surface area contributed by atoms with E-state index < -0.39 is 11.9 Å². The van der Waals surface area contributed by atoms with E-state index in [2.05, 4.69) is 47.7 Å². The topological polar surface area (TPSA) is 96.9 Å². The minimum absolute atomic E-state index is 0.269. The van der Waals surface area contributed by atoms with Gasteiger partial charge in [-0.1, -0.05) is 49.5 Å². The first kappa shape index (κ1) is 27.3. The Morgan fingerprint density at radius 1 is 0.763 bits per heavy atom. The Morgan fingerprint density at radius 2 is 1.45 bits per heavy atom. The van der Waals surface area contributed by atoms with Crippen molar-refractivity contribution in [3.05, 3.63) is 127 Å². The molecule has 0 bridgehead atoms. The minimum Gasteiger partial charge on any atom is -0.422 e. The average molecular weight is 656 g/mol. The number of hydrazone groups is 1. The largest absolute Gasteiger partial charge is 0.422 e. The Labute approximate surface area is 240 Å². The van der Waals surface area contributed by atoms with E-state index in [4.69, 9.17) is 16.3 Å². The molecule has 4 aromatic carbocycles. The fraction of sp³-hybridized carbons (Fsp3) is 0. The van der Waals surface area contributed by atoms with Crippen LogP contribution in [0, 0.1) is 0 Å². The van der Waals surface area contributed by atoms with Crippen molar-refractivity contribution in [1.29, 1.82) is 0 Å². The summed E-state index contributed by atoms with van der Waals surface area (Å²) in [6.45, 7) is 0. The van der Waals surface area contributed by atoms with Gasteiger partial charge in [-0.2, -0.15) is 5.10 Å². The summed E-state index contributed by atoms with van der Waals surface area (Å²) in [6, 6.07) is 24.7. The van der Waals surface area contributed by atoms with Gasteiger partial charge in [-0.3, -0.25) is 9.59 Å². The lowest BCUT2D eigenvalue weighted by atomic mass is 10.1. The summed E-state index contributed by atoms with van der Waals surface area (Å²) in [4.78, 5) is 37.7. The number of anilines is 1. The molecule has 7 nitrogen and oxygen atoms in total. The van der Waals surface area contributed by atoms with Crippen molar-refractivity contribution in [2.45, 2.75) is 0 Å². The van der Waals surface area contributed by atoms with Crippen molar-refractivity contribution in [3.63, 3.8) is 0 Å². The third kappa shape index (κ3) is 7.38. The van der Waals surface area contributed by atoms with Crippen LogP contribution in [0.1, 0.15) is 36.6 Å². The van der Waals surface area contributed by atoms with Gasteiger partial charge in [-0.25, -0.2) is 10.2 Å². The molecular formula is C28H18Br2ClN3O4. The van der Waals surface area contributed by atoms with Crippen LogP contribution in [0.2, 0.25) is 5.02 Å². The molecular weight excluding hydrogens is 638 g/mol. The molecule has 4 aromatic rings. The lowest BCUT2D eigenvalue weighted by Crippen LogP contribution is -2.18. The maximum atomic E-state index is 12.7. The Kier molecular flexibility index (Phi) is 9.06. The number of nitrogens with one attached hydrogen (secondary N) is 2. The third-order valence-corrected chi connectivity index (χ3v) is 6.39. The molecule has 0 unspecified atom stereocenters. The second-order valence-corrected chi connectivity index (χ2v) is 10.1. The predicted octanol–water partition coefficient (Wildman–Crippen LogP) is 7.10. The summed E-state index contributed by atoms with van der Waals surface area (Å²) in [7, 11) is 0. The van der Waals surface area contributed by atoms with Crippen LogP contribution in [0.25, 0.3) is 0 Å². The van der Waals surface area contributed by atoms with Gasteiger partial charge < -0.3 is 10.1 Å². The molecule has 38 heavy (non-hydrogen) atoms. The molecule has 0 saturated carbocycles. The highest BCUT2D eigenvalue weighted by Gasteiger charge is 2.13. The molecule has 0 aliphatic carbocycles. The smallest absolute Gasteiger partial charge is 0.343 e. The van der Waals surface area contributed by atoms with E-state index in [-0.39, 0.29) is 17.2 Å². The average Bonchev–Trinajstić information content (AvgIpc) is 2.91. The van der Waals surface area contributed by atoms with Crippen molar-refractivity contribution in [1.82, 2.24) is 5.43 Å². The molecule has 190 valence electrons. The van der Waals surface area contributed by atoms with Gasteiger partial charge in [0, 0.05) is 36.3 Å². The van der Waals surface area contributed by atoms with E-state index in [1.165, 1.54) is 12.3 Å². The number of halogens is 3. The number of carbonyl (C=O) groups is 3. The molecule has 0 spiro atoms. The van der Waals surface area contributed by atoms with E-state index in [0.717, 1.165) is 8.95 Å². The number of carbonyl (C=O) groups excluding carboxylic acids is 3. The highest BCUT2D eigenvalue weighted by molar-refractivity contribution is 9.10. The lowest BCUT2D eigenvalue weighted by molar-refractivity contribution is 0.0733. The molecule has 0 aromatic heterocycles. The zero-order valence-electron chi connectivity index (χ0n) is 19.5. The van der Waals surface area contributed by atoms with Gasteiger partial charge in [0.15, 0.2) is 0 Å². The molecule has 0 heterocycles. The number of nitrogens with zero attached hydrogens (tertiary/aromatic N) is 1. The molecule has 0 atom stereocenters. The number of esters is 1. The van der Waals surface area contributed by atoms with Crippen LogP contribution in [0.3, 0.4) is 0 Å². The molecule has 2 N–H and O–H groups in total. The van der Waals surface area contributed by atoms with Crippen LogP contribution in [0.4, 0.5) is 5.69 Å². The van der Waals surface area contributed by atoms with Gasteiger partial charge in [-0.15, -0.1) is 0 Å². The second-order valence-electron chi connectivity index (χ2n) is 7.82. The van der Waals surface area contributed by atoms with Crippen molar-refractivity contribution in [2.75, 3.05) is 5.32 Å². The highest BCUT2D eigenvalue weighted by Crippen LogP contribution is 2.23. The summed E-state index contributed by atoms with van der Waals surface area (Å²) < 4.78 is 7.12. The lowest BCUT2D eigenvalue weighted by Gasteiger charge is -2.09. The second kappa shape index (κ2) is 12.6. The van der Waals surface area contributed by atoms with Gasteiger partial charge in [0.1, 0.15) is 5.75 Å². The summed E-state index contributed by atoms with van der Waals surface area (Å²) in [5.41, 5.74) is 4.45. The zero-order valence-corrected chi connectivity index (χ0v) is 23.4. The van der Waals surface area contributed by atoms with Crippen molar-refractivity contribution >= 4 is 73.1 Å². The summed E-state index contributed by atoms with van der Waals surface area (Å²) in [5.74, 6) is -1.09. The maximum absolute atomic E-state index is 12.7. The summed E-state index contributed by atoms with van der Waals surface area (Å²) >= 11 is 12.6. The predicted molar refractivity (Wildman–Crippen MR) is 154 cm³/mol. The number of hydrogen-bond donors (Lipinski definition) is 2. The van der Waals surface area contributed by atoms with Crippen LogP contribution in [-0.2, 0) is 0 Å². The number of rotatable bonds is 7. The van der Waals surface area contributed by atoms with Crippen molar-refractivity contribution in [3.8, 4) is 5.75 Å². The normalized spacial score (nSPS) is 10.7. The first-order valence-corrected chi connectivity index (χ1v) is 13.0. The van der Waals surface area contributed by atoms with E-state index in [1.807, 2.05) is 0 Å². The maximum Gasteiger partial charge on any atom is 0.343 e. The van der Waals surface area contributed by atoms with Crippen LogP contribution >= 0.6 is 43.5 Å². The number of amides is 2. The van der Waals surface area contributed by atoms with Crippen LogP contribution in [-0.4, -0.2) is 24.0 Å². The van der Waals surface area contributed by atoms with E-state index in [0.29, 0.717) is 27.4 Å². The Morgan fingerprint density at radius 3 is 2.18 bits per heavy atom. The fourth-order valence-corrected chi connectivity index (χ4v) is 3.99. The SMILES string of the molecule is O=C(NN=Cc1cc(Br)ccc1OC(=O)c1ccc(Br)cc1)c1cccc(NC(=O)c2ccc(Cl)cc2)c1. The Balaban J connectivity index is 1.42. The standard InChI is InChI=1S/C28H18Br2ClN3O4/c29-21-8-4-18(5-9-21)28(37)38-25-13-10-22(30)14-20(25)16-32-34-27(36)19-2-1-3-24(15-19)33-26(35)17-6-11-23(31)12-7-17/h1-16H,(H,33,35)(H,34,36). The molecule has 0 aliphatic rings. The number of hydrogen-bond acceptors (Lipinski definition) is 5. The molecule has 0 fully saturated rings. The first-order chi connectivity index (χ1) is 18.3. The zero-order chi connectivity index (χ0) is 27.1. The van der Waals surface area contributed by atoms with Crippen molar-refractivity contribution in [2.24, 2.45) is 5.10 Å². The fourth-order valence-electron chi connectivity index (χ4n) is 3.23.